The van der Waals surface area contributed by atoms with Gasteiger partial charge in [-0.2, -0.15) is 0 Å². The molecule has 0 radical (unpaired) electrons. The van der Waals surface area contributed by atoms with Gasteiger partial charge in [-0.15, -0.1) is 0 Å². The first-order chi connectivity index (χ1) is 17.5. The fourth-order valence-electron chi connectivity index (χ4n) is 6.75. The third kappa shape index (κ3) is 7.16. The van der Waals surface area contributed by atoms with Crippen molar-refractivity contribution >= 4 is 13.0 Å². The summed E-state index contributed by atoms with van der Waals surface area (Å²) in [5.41, 5.74) is 2.57. The van der Waals surface area contributed by atoms with E-state index in [0.29, 0.717) is 5.92 Å². The first-order valence-electron chi connectivity index (χ1n) is 15.2. The third-order valence-electron chi connectivity index (χ3n) is 9.35. The van der Waals surface area contributed by atoms with Crippen molar-refractivity contribution in [2.45, 2.75) is 141 Å². The smallest absolute Gasteiger partial charge is 0.402 e. The van der Waals surface area contributed by atoms with E-state index in [2.05, 4.69) is 50.4 Å². The van der Waals surface area contributed by atoms with E-state index in [9.17, 15) is 4.79 Å². The Morgan fingerprint density at radius 3 is 2.39 bits per heavy atom. The van der Waals surface area contributed by atoms with Crippen molar-refractivity contribution in [2.24, 2.45) is 11.8 Å². The van der Waals surface area contributed by atoms with Crippen LogP contribution in [0.2, 0.25) is 0 Å². The number of carbonyl (C=O) groups excluding carboxylic acids is 1. The van der Waals surface area contributed by atoms with E-state index in [0.717, 1.165) is 44.0 Å². The minimum Gasteiger partial charge on any atom is -0.402 e. The molecule has 0 aromatic carbocycles. The first-order valence-corrected chi connectivity index (χ1v) is 15.2. The molecule has 5 heteroatoms. The van der Waals surface area contributed by atoms with E-state index < -0.39 is 0 Å². The summed E-state index contributed by atoms with van der Waals surface area (Å²) >= 11 is 0. The quantitative estimate of drug-likeness (QED) is 0.292. The second-order valence-electron chi connectivity index (χ2n) is 12.0. The summed E-state index contributed by atoms with van der Waals surface area (Å²) in [5, 5.41) is 3.50. The second kappa shape index (κ2) is 13.5. The van der Waals surface area contributed by atoms with Crippen molar-refractivity contribution in [3.05, 3.63) is 35.3 Å². The number of carbonyl (C=O) groups is 1. The van der Waals surface area contributed by atoms with Crippen LogP contribution in [0.5, 0.6) is 0 Å². The van der Waals surface area contributed by atoms with Crippen molar-refractivity contribution in [3.63, 3.8) is 0 Å². The van der Waals surface area contributed by atoms with Crippen LogP contribution < -0.4 is 5.32 Å². The molecule has 3 aliphatic carbocycles. The Morgan fingerprint density at radius 2 is 1.72 bits per heavy atom. The molecule has 1 saturated heterocycles. The maximum absolute atomic E-state index is 13.3. The Bertz CT molecular complexity index is 813. The van der Waals surface area contributed by atoms with Gasteiger partial charge in [0.1, 0.15) is 0 Å². The van der Waals surface area contributed by atoms with Crippen LogP contribution in [0.25, 0.3) is 0 Å². The molecule has 1 saturated carbocycles. The van der Waals surface area contributed by atoms with Gasteiger partial charge < -0.3 is 14.6 Å². The van der Waals surface area contributed by atoms with Crippen LogP contribution in [-0.4, -0.2) is 30.8 Å². The molecule has 4 rings (SSSR count). The topological polar surface area (TPSA) is 47.6 Å². The number of rotatable bonds is 7. The molecule has 2 fully saturated rings. The molecule has 1 aliphatic heterocycles. The minimum absolute atomic E-state index is 0.103. The average molecular weight is 496 g/mol. The Labute approximate surface area is 220 Å². The molecular weight excluding hydrogens is 445 g/mol. The molecule has 1 N–H and O–H groups in total. The van der Waals surface area contributed by atoms with Crippen molar-refractivity contribution in [1.29, 1.82) is 0 Å². The average Bonchev–Trinajstić information content (AvgIpc) is 3.30. The van der Waals surface area contributed by atoms with E-state index in [-0.39, 0.29) is 36.7 Å². The molecule has 4 unspecified atom stereocenters. The van der Waals surface area contributed by atoms with Crippen LogP contribution in [0.15, 0.2) is 35.3 Å². The summed E-state index contributed by atoms with van der Waals surface area (Å²) in [5.74, 6) is 0.655. The fraction of sp³-hybridized carbons (Fsp3) is 0.774. The molecule has 1 amide bonds. The number of hydrogen-bond donors (Lipinski definition) is 1. The molecule has 0 aromatic heterocycles. The predicted octanol–water partition coefficient (Wildman–Crippen LogP) is 7.64. The molecule has 0 spiro atoms. The lowest BCUT2D eigenvalue weighted by Gasteiger charge is -2.40. The highest BCUT2D eigenvalue weighted by molar-refractivity contribution is 6.55. The standard InChI is InChI=1S/C31H50BNO3/c1-4-13-24-14-11-12-17-28-29(23-18-24)36-32(35-28)27-21-19-25(20-22-27)30(34)33-31(3,5-2)26-15-9-7-6-8-10-16-26/h14,19,21-22,25-26,28-29H,4-13,15-18,20,23H2,1-3H3,(H,33,34)/b24-14-. The monoisotopic (exact) mass is 495 g/mol. The van der Waals surface area contributed by atoms with Crippen LogP contribution in [-0.2, 0) is 14.1 Å². The van der Waals surface area contributed by atoms with Crippen LogP contribution in [0.1, 0.15) is 124 Å². The lowest BCUT2D eigenvalue weighted by Crippen LogP contribution is -2.53. The zero-order valence-corrected chi connectivity index (χ0v) is 23.2. The molecule has 0 aromatic rings. The zero-order chi connectivity index (χ0) is 25.4. The summed E-state index contributed by atoms with van der Waals surface area (Å²) in [4.78, 5) is 13.3. The molecule has 4 atom stereocenters. The maximum atomic E-state index is 13.3. The van der Waals surface area contributed by atoms with Gasteiger partial charge in [-0.05, 0) is 82.5 Å². The van der Waals surface area contributed by atoms with Crippen LogP contribution in [0.4, 0.5) is 0 Å². The summed E-state index contributed by atoms with van der Waals surface area (Å²) in [6.07, 6.45) is 28.0. The number of fused-ring (bicyclic) bond motifs is 1. The van der Waals surface area contributed by atoms with Gasteiger partial charge in [0.2, 0.25) is 5.91 Å². The van der Waals surface area contributed by atoms with E-state index in [4.69, 9.17) is 9.31 Å². The summed E-state index contributed by atoms with van der Waals surface area (Å²) < 4.78 is 12.9. The van der Waals surface area contributed by atoms with E-state index in [1.165, 1.54) is 64.2 Å². The summed E-state index contributed by atoms with van der Waals surface area (Å²) in [6.45, 7) is 6.77. The van der Waals surface area contributed by atoms with Crippen LogP contribution in [0, 0.1) is 11.8 Å². The fourth-order valence-corrected chi connectivity index (χ4v) is 6.75. The molecule has 4 aliphatic rings. The van der Waals surface area contributed by atoms with Gasteiger partial charge in [0, 0.05) is 5.54 Å². The summed E-state index contributed by atoms with van der Waals surface area (Å²) in [7, 11) is -0.283. The lowest BCUT2D eigenvalue weighted by molar-refractivity contribution is -0.126. The van der Waals surface area contributed by atoms with Crippen LogP contribution in [0.3, 0.4) is 0 Å². The van der Waals surface area contributed by atoms with Gasteiger partial charge in [0.25, 0.3) is 0 Å². The van der Waals surface area contributed by atoms with Gasteiger partial charge in [-0.3, -0.25) is 4.79 Å². The normalized spacial score (nSPS) is 31.4. The highest BCUT2D eigenvalue weighted by Crippen LogP contribution is 2.35. The van der Waals surface area contributed by atoms with Gasteiger partial charge >= 0.3 is 7.12 Å². The first kappa shape index (κ1) is 27.7. The van der Waals surface area contributed by atoms with E-state index >= 15 is 0 Å². The lowest BCUT2D eigenvalue weighted by atomic mass is 9.73. The van der Waals surface area contributed by atoms with Gasteiger partial charge in [-0.1, -0.05) is 82.2 Å². The van der Waals surface area contributed by atoms with Gasteiger partial charge in [0.15, 0.2) is 0 Å². The molecule has 36 heavy (non-hydrogen) atoms. The number of hydrogen-bond acceptors (Lipinski definition) is 3. The zero-order valence-electron chi connectivity index (χ0n) is 23.2. The van der Waals surface area contributed by atoms with Gasteiger partial charge in [-0.25, -0.2) is 0 Å². The maximum Gasteiger partial charge on any atom is 0.494 e. The molecule has 200 valence electrons. The van der Waals surface area contributed by atoms with Crippen molar-refractivity contribution in [3.8, 4) is 0 Å². The SMILES string of the molecule is CCC/C1=C/CCCC2OB(C3=CCC(C(=O)NC(C)(CC)C4CCCCCCC4)C=C3)OC2CC1. The Hall–Kier alpha value is -1.33. The van der Waals surface area contributed by atoms with Crippen LogP contribution >= 0.6 is 0 Å². The van der Waals surface area contributed by atoms with Crippen molar-refractivity contribution in [2.75, 3.05) is 0 Å². The number of allylic oxidation sites excluding steroid dienone is 5. The Kier molecular flexibility index (Phi) is 10.4. The highest BCUT2D eigenvalue weighted by atomic mass is 16.7. The Balaban J connectivity index is 1.31. The second-order valence-corrected chi connectivity index (χ2v) is 12.0. The van der Waals surface area contributed by atoms with Gasteiger partial charge in [0.05, 0.1) is 18.1 Å². The molecule has 4 nitrogen and oxygen atoms in total. The summed E-state index contributed by atoms with van der Waals surface area (Å²) in [6, 6.07) is 0. The Morgan fingerprint density at radius 1 is 1.00 bits per heavy atom. The highest BCUT2D eigenvalue weighted by Gasteiger charge is 2.42. The molecule has 1 heterocycles. The van der Waals surface area contributed by atoms with E-state index in [1.54, 1.807) is 5.57 Å². The van der Waals surface area contributed by atoms with E-state index in [1.807, 2.05) is 0 Å². The predicted molar refractivity (Wildman–Crippen MR) is 150 cm³/mol. The third-order valence-corrected chi connectivity index (χ3v) is 9.35. The molecule has 0 bridgehead atoms. The number of nitrogens with one attached hydrogen (secondary N) is 1. The molecular formula is C31H50BNO3. The number of amides is 1. The van der Waals surface area contributed by atoms with Crippen molar-refractivity contribution in [1.82, 2.24) is 5.32 Å². The largest absolute Gasteiger partial charge is 0.494 e. The van der Waals surface area contributed by atoms with Crippen molar-refractivity contribution < 1.29 is 14.1 Å². The minimum atomic E-state index is -0.283.